The van der Waals surface area contributed by atoms with Crippen LogP contribution in [0, 0.1) is 0 Å². The molecule has 3 aromatic rings. The van der Waals surface area contributed by atoms with Crippen LogP contribution in [0.2, 0.25) is 10.0 Å². The Balaban J connectivity index is 1.60. The predicted molar refractivity (Wildman–Crippen MR) is 107 cm³/mol. The molecular weight excluding hydrogens is 387 g/mol. The third-order valence-electron chi connectivity index (χ3n) is 3.50. The van der Waals surface area contributed by atoms with Crippen molar-refractivity contribution in [2.24, 2.45) is 0 Å². The van der Waals surface area contributed by atoms with Gasteiger partial charge in [-0.25, -0.2) is 0 Å². The molecule has 7 heteroatoms. The van der Waals surface area contributed by atoms with E-state index in [1.165, 1.54) is 0 Å². The van der Waals surface area contributed by atoms with Crippen molar-refractivity contribution in [1.82, 2.24) is 0 Å². The topological polar surface area (TPSA) is 67.4 Å². The zero-order valence-electron chi connectivity index (χ0n) is 13.9. The maximum Gasteiger partial charge on any atom is 0.314 e. The number of carbonyl (C=O) groups excluding carboxylic acids is 2. The first kappa shape index (κ1) is 18.8. The van der Waals surface area contributed by atoms with Crippen LogP contribution in [0.5, 0.6) is 11.5 Å². The van der Waals surface area contributed by atoms with E-state index in [-0.39, 0.29) is 15.7 Å². The van der Waals surface area contributed by atoms with Gasteiger partial charge in [-0.3, -0.25) is 9.59 Å². The Labute approximate surface area is 165 Å². The molecule has 3 aromatic carbocycles. The van der Waals surface area contributed by atoms with Crippen molar-refractivity contribution >= 4 is 46.4 Å². The van der Waals surface area contributed by atoms with Crippen LogP contribution in [0.15, 0.2) is 72.8 Å². The normalized spacial score (nSPS) is 10.1. The van der Waals surface area contributed by atoms with Crippen LogP contribution in [-0.4, -0.2) is 11.8 Å². The Morgan fingerprint density at radius 2 is 1.33 bits per heavy atom. The van der Waals surface area contributed by atoms with Crippen molar-refractivity contribution in [2.75, 3.05) is 10.6 Å². The number of rotatable bonds is 4. The molecule has 27 heavy (non-hydrogen) atoms. The van der Waals surface area contributed by atoms with Crippen molar-refractivity contribution in [3.05, 3.63) is 82.8 Å². The summed E-state index contributed by atoms with van der Waals surface area (Å²) in [6.45, 7) is 0. The van der Waals surface area contributed by atoms with Gasteiger partial charge in [0.1, 0.15) is 11.5 Å². The molecule has 2 N–H and O–H groups in total. The number of hydrogen-bond acceptors (Lipinski definition) is 3. The minimum absolute atomic E-state index is 0.169. The molecule has 0 aliphatic rings. The average molecular weight is 401 g/mol. The smallest absolute Gasteiger partial charge is 0.314 e. The molecule has 0 saturated carbocycles. The average Bonchev–Trinajstić information content (AvgIpc) is 2.68. The standard InChI is InChI=1S/C20H14Cl2N2O3/c21-16-7-4-8-17(18(16)22)24-20(26)19(25)23-13-9-11-15(12-10-13)27-14-5-2-1-3-6-14/h1-12H,(H,23,25)(H,24,26). The number of carbonyl (C=O) groups is 2. The lowest BCUT2D eigenvalue weighted by Gasteiger charge is -2.09. The number of amides is 2. The van der Waals surface area contributed by atoms with Gasteiger partial charge in [0.25, 0.3) is 0 Å². The number of anilines is 2. The number of para-hydroxylation sites is 1. The van der Waals surface area contributed by atoms with Gasteiger partial charge in [-0.05, 0) is 48.5 Å². The largest absolute Gasteiger partial charge is 0.457 e. The lowest BCUT2D eigenvalue weighted by Crippen LogP contribution is -2.29. The highest BCUT2D eigenvalue weighted by Crippen LogP contribution is 2.29. The number of benzene rings is 3. The van der Waals surface area contributed by atoms with E-state index in [0.29, 0.717) is 17.2 Å². The van der Waals surface area contributed by atoms with E-state index >= 15 is 0 Å². The van der Waals surface area contributed by atoms with E-state index in [1.54, 1.807) is 42.5 Å². The quantitative estimate of drug-likeness (QED) is 0.578. The lowest BCUT2D eigenvalue weighted by atomic mass is 10.3. The van der Waals surface area contributed by atoms with Crippen LogP contribution in [0.1, 0.15) is 0 Å². The highest BCUT2D eigenvalue weighted by atomic mass is 35.5. The fourth-order valence-corrected chi connectivity index (χ4v) is 2.55. The van der Waals surface area contributed by atoms with Gasteiger partial charge in [0.2, 0.25) is 0 Å². The molecule has 0 aromatic heterocycles. The zero-order chi connectivity index (χ0) is 19.2. The van der Waals surface area contributed by atoms with Gasteiger partial charge in [0.05, 0.1) is 15.7 Å². The predicted octanol–water partition coefficient (Wildman–Crippen LogP) is 5.36. The van der Waals surface area contributed by atoms with Crippen LogP contribution in [0.25, 0.3) is 0 Å². The summed E-state index contributed by atoms with van der Waals surface area (Å²) in [4.78, 5) is 24.1. The summed E-state index contributed by atoms with van der Waals surface area (Å²) < 4.78 is 5.67. The molecule has 136 valence electrons. The van der Waals surface area contributed by atoms with Crippen molar-refractivity contribution in [2.45, 2.75) is 0 Å². The molecule has 0 bridgehead atoms. The Morgan fingerprint density at radius 1 is 0.704 bits per heavy atom. The zero-order valence-corrected chi connectivity index (χ0v) is 15.4. The molecule has 0 unspecified atom stereocenters. The van der Waals surface area contributed by atoms with E-state index < -0.39 is 11.8 Å². The molecule has 0 aliphatic carbocycles. The first-order valence-electron chi connectivity index (χ1n) is 7.92. The highest BCUT2D eigenvalue weighted by molar-refractivity contribution is 6.47. The number of nitrogens with one attached hydrogen (secondary N) is 2. The second kappa shape index (κ2) is 8.58. The summed E-state index contributed by atoms with van der Waals surface area (Å²) in [5.74, 6) is -0.382. The SMILES string of the molecule is O=C(Nc1ccc(Oc2ccccc2)cc1)C(=O)Nc1cccc(Cl)c1Cl. The third-order valence-corrected chi connectivity index (χ3v) is 4.32. The van der Waals surface area contributed by atoms with Crippen LogP contribution >= 0.6 is 23.2 Å². The fraction of sp³-hybridized carbons (Fsp3) is 0. The molecule has 0 radical (unpaired) electrons. The summed E-state index contributed by atoms with van der Waals surface area (Å²) in [5.41, 5.74) is 0.712. The van der Waals surface area contributed by atoms with Crippen LogP contribution in [-0.2, 0) is 9.59 Å². The Hall–Kier alpha value is -3.02. The Kier molecular flexibility index (Phi) is 5.96. The molecule has 0 aliphatic heterocycles. The molecule has 2 amide bonds. The minimum atomic E-state index is -0.858. The van der Waals surface area contributed by atoms with Crippen molar-refractivity contribution in [3.63, 3.8) is 0 Å². The van der Waals surface area contributed by atoms with E-state index in [2.05, 4.69) is 10.6 Å². The first-order valence-corrected chi connectivity index (χ1v) is 8.68. The summed E-state index contributed by atoms with van der Waals surface area (Å²) in [7, 11) is 0. The van der Waals surface area contributed by atoms with Gasteiger partial charge < -0.3 is 15.4 Å². The van der Waals surface area contributed by atoms with E-state index in [1.807, 2.05) is 30.3 Å². The Bertz CT molecular complexity index is 961. The second-order valence-corrected chi connectivity index (χ2v) is 6.23. The third kappa shape index (κ3) is 5.00. The molecule has 0 atom stereocenters. The molecule has 3 rings (SSSR count). The molecule has 5 nitrogen and oxygen atoms in total. The van der Waals surface area contributed by atoms with E-state index in [9.17, 15) is 9.59 Å². The number of halogens is 2. The van der Waals surface area contributed by atoms with E-state index in [0.717, 1.165) is 0 Å². The highest BCUT2D eigenvalue weighted by Gasteiger charge is 2.16. The van der Waals surface area contributed by atoms with Crippen LogP contribution in [0.4, 0.5) is 11.4 Å². The van der Waals surface area contributed by atoms with Crippen molar-refractivity contribution in [3.8, 4) is 11.5 Å². The van der Waals surface area contributed by atoms with Gasteiger partial charge in [-0.2, -0.15) is 0 Å². The number of ether oxygens (including phenoxy) is 1. The summed E-state index contributed by atoms with van der Waals surface area (Å²) in [6, 6.07) is 20.7. The molecular formula is C20H14Cl2N2O3. The Morgan fingerprint density at radius 3 is 2.04 bits per heavy atom. The monoisotopic (exact) mass is 400 g/mol. The summed E-state index contributed by atoms with van der Waals surface area (Å²) in [6.07, 6.45) is 0. The van der Waals surface area contributed by atoms with Gasteiger partial charge in [-0.1, -0.05) is 47.5 Å². The maximum absolute atomic E-state index is 12.1. The molecule has 0 spiro atoms. The van der Waals surface area contributed by atoms with Crippen molar-refractivity contribution < 1.29 is 14.3 Å². The van der Waals surface area contributed by atoms with Crippen molar-refractivity contribution in [1.29, 1.82) is 0 Å². The van der Waals surface area contributed by atoms with E-state index in [4.69, 9.17) is 27.9 Å². The minimum Gasteiger partial charge on any atom is -0.457 e. The second-order valence-electron chi connectivity index (χ2n) is 5.45. The summed E-state index contributed by atoms with van der Waals surface area (Å²) >= 11 is 11.9. The van der Waals surface area contributed by atoms with Gasteiger partial charge in [0.15, 0.2) is 0 Å². The summed E-state index contributed by atoms with van der Waals surface area (Å²) in [5, 5.41) is 5.38. The van der Waals surface area contributed by atoms with Crippen LogP contribution in [0.3, 0.4) is 0 Å². The molecule has 0 fully saturated rings. The number of hydrogen-bond donors (Lipinski definition) is 2. The lowest BCUT2D eigenvalue weighted by molar-refractivity contribution is -0.132. The van der Waals surface area contributed by atoms with Crippen LogP contribution < -0.4 is 15.4 Å². The molecule has 0 heterocycles. The maximum atomic E-state index is 12.1. The van der Waals surface area contributed by atoms with Gasteiger partial charge >= 0.3 is 11.8 Å². The van der Waals surface area contributed by atoms with Gasteiger partial charge in [0, 0.05) is 5.69 Å². The first-order chi connectivity index (χ1) is 13.0. The molecule has 0 saturated heterocycles. The fourth-order valence-electron chi connectivity index (χ4n) is 2.20. The van der Waals surface area contributed by atoms with Gasteiger partial charge in [-0.15, -0.1) is 0 Å².